The van der Waals surface area contributed by atoms with Crippen molar-refractivity contribution in [2.75, 3.05) is 5.32 Å². The molecule has 0 bridgehead atoms. The Hall–Kier alpha value is -2.81. The second-order valence-corrected chi connectivity index (χ2v) is 7.55. The van der Waals surface area contributed by atoms with Gasteiger partial charge in [-0.3, -0.25) is 0 Å². The van der Waals surface area contributed by atoms with E-state index >= 15 is 0 Å². The van der Waals surface area contributed by atoms with Crippen molar-refractivity contribution in [3.8, 4) is 0 Å². The molecule has 134 valence electrons. The first-order valence-corrected chi connectivity index (χ1v) is 9.03. The van der Waals surface area contributed by atoms with Crippen molar-refractivity contribution in [1.29, 1.82) is 0 Å². The number of carbonyl (C=O) groups is 1. The van der Waals surface area contributed by atoms with Gasteiger partial charge in [-0.05, 0) is 53.8 Å². The maximum Gasteiger partial charge on any atom is 0.319 e. The Kier molecular flexibility index (Phi) is 4.99. The number of nitrogens with one attached hydrogen (secondary N) is 2. The van der Waals surface area contributed by atoms with Gasteiger partial charge in [0.05, 0.1) is 5.54 Å². The third-order valence-corrected chi connectivity index (χ3v) is 4.71. The van der Waals surface area contributed by atoms with Crippen LogP contribution in [0.2, 0.25) is 0 Å². The average molecular weight is 346 g/mol. The van der Waals surface area contributed by atoms with Gasteiger partial charge in [0, 0.05) is 5.69 Å². The first kappa shape index (κ1) is 18.0. The van der Waals surface area contributed by atoms with Crippen molar-refractivity contribution in [3.63, 3.8) is 0 Å². The Bertz CT molecular complexity index is 928. The Labute approximate surface area is 155 Å². The molecular formula is C23H26N2O. The molecule has 0 spiro atoms. The van der Waals surface area contributed by atoms with Crippen LogP contribution in [-0.2, 0) is 5.54 Å². The fraction of sp³-hybridized carbons (Fsp3) is 0.261. The van der Waals surface area contributed by atoms with Crippen LogP contribution in [0.15, 0.2) is 66.7 Å². The van der Waals surface area contributed by atoms with E-state index in [4.69, 9.17) is 0 Å². The van der Waals surface area contributed by atoms with Crippen molar-refractivity contribution in [1.82, 2.24) is 5.32 Å². The van der Waals surface area contributed by atoms with Gasteiger partial charge in [-0.2, -0.15) is 0 Å². The van der Waals surface area contributed by atoms with Crippen LogP contribution < -0.4 is 10.6 Å². The van der Waals surface area contributed by atoms with Crippen LogP contribution >= 0.6 is 0 Å². The number of hydrogen-bond donors (Lipinski definition) is 2. The molecule has 0 aliphatic carbocycles. The first-order chi connectivity index (χ1) is 12.3. The summed E-state index contributed by atoms with van der Waals surface area (Å²) in [6.07, 6.45) is 0. The molecule has 3 heteroatoms. The van der Waals surface area contributed by atoms with Crippen LogP contribution in [-0.4, -0.2) is 6.03 Å². The predicted molar refractivity (Wildman–Crippen MR) is 110 cm³/mol. The molecule has 3 aromatic carbocycles. The maximum atomic E-state index is 12.5. The molecule has 0 aliphatic heterocycles. The average Bonchev–Trinajstić information content (AvgIpc) is 2.61. The molecule has 0 atom stereocenters. The summed E-state index contributed by atoms with van der Waals surface area (Å²) >= 11 is 0. The molecule has 3 aromatic rings. The molecule has 0 fully saturated rings. The summed E-state index contributed by atoms with van der Waals surface area (Å²) in [5, 5.41) is 8.29. The summed E-state index contributed by atoms with van der Waals surface area (Å²) in [5.41, 5.74) is 2.68. The van der Waals surface area contributed by atoms with Crippen LogP contribution in [0.25, 0.3) is 10.8 Å². The van der Waals surface area contributed by atoms with Crippen LogP contribution in [0.4, 0.5) is 10.5 Å². The zero-order valence-corrected chi connectivity index (χ0v) is 15.8. The highest BCUT2D eigenvalue weighted by Crippen LogP contribution is 2.25. The molecule has 0 radical (unpaired) electrons. The van der Waals surface area contributed by atoms with Crippen molar-refractivity contribution in [2.24, 2.45) is 0 Å². The summed E-state index contributed by atoms with van der Waals surface area (Å²) in [6.45, 7) is 8.39. The molecule has 3 rings (SSSR count). The minimum Gasteiger partial charge on any atom is -0.329 e. The highest BCUT2D eigenvalue weighted by molar-refractivity contribution is 5.93. The summed E-state index contributed by atoms with van der Waals surface area (Å²) in [7, 11) is 0. The lowest BCUT2D eigenvalue weighted by molar-refractivity contribution is 0.242. The number of urea groups is 1. The van der Waals surface area contributed by atoms with Crippen molar-refractivity contribution in [2.45, 2.75) is 39.2 Å². The van der Waals surface area contributed by atoms with E-state index in [0.29, 0.717) is 5.92 Å². The maximum absolute atomic E-state index is 12.5. The number of amides is 2. The van der Waals surface area contributed by atoms with Crippen LogP contribution in [0.3, 0.4) is 0 Å². The summed E-state index contributed by atoms with van der Waals surface area (Å²) in [6, 6.07) is 22.2. The Morgan fingerprint density at radius 2 is 1.62 bits per heavy atom. The fourth-order valence-corrected chi connectivity index (χ4v) is 3.07. The third-order valence-electron chi connectivity index (χ3n) is 4.71. The van der Waals surface area contributed by atoms with Gasteiger partial charge in [0.25, 0.3) is 0 Å². The lowest BCUT2D eigenvalue weighted by Gasteiger charge is -2.28. The minimum atomic E-state index is -0.466. The van der Waals surface area contributed by atoms with E-state index in [9.17, 15) is 4.79 Å². The SMILES string of the molecule is CC(C)c1cccc(C(C)(C)NC(=O)Nc2ccc3ccccc3c2)c1. The van der Waals surface area contributed by atoms with E-state index in [1.807, 2.05) is 50.2 Å². The zero-order valence-electron chi connectivity index (χ0n) is 15.8. The largest absolute Gasteiger partial charge is 0.329 e. The molecule has 0 aliphatic rings. The quantitative estimate of drug-likeness (QED) is 0.596. The lowest BCUT2D eigenvalue weighted by atomic mass is 9.90. The Balaban J connectivity index is 1.74. The van der Waals surface area contributed by atoms with E-state index in [1.165, 1.54) is 5.56 Å². The monoisotopic (exact) mass is 346 g/mol. The molecule has 3 nitrogen and oxygen atoms in total. The molecule has 0 saturated heterocycles. The van der Waals surface area contributed by atoms with E-state index < -0.39 is 5.54 Å². The zero-order chi connectivity index (χ0) is 18.7. The lowest BCUT2D eigenvalue weighted by Crippen LogP contribution is -2.43. The molecule has 0 saturated carbocycles. The molecular weight excluding hydrogens is 320 g/mol. The Morgan fingerprint density at radius 1 is 0.885 bits per heavy atom. The van der Waals surface area contributed by atoms with Crippen molar-refractivity contribution >= 4 is 22.5 Å². The van der Waals surface area contributed by atoms with Gasteiger partial charge in [-0.15, -0.1) is 0 Å². The predicted octanol–water partition coefficient (Wildman–Crippen LogP) is 6.02. The first-order valence-electron chi connectivity index (χ1n) is 9.03. The van der Waals surface area contributed by atoms with Crippen molar-refractivity contribution < 1.29 is 4.79 Å². The van der Waals surface area contributed by atoms with E-state index in [0.717, 1.165) is 22.0 Å². The summed E-state index contributed by atoms with van der Waals surface area (Å²) in [5.74, 6) is 0.456. The standard InChI is InChI=1S/C23H26N2O/c1-16(2)18-10-7-11-20(14-18)23(3,4)25-22(26)24-21-13-12-17-8-5-6-9-19(17)15-21/h5-16H,1-4H3,(H2,24,25,26). The van der Waals surface area contributed by atoms with Crippen LogP contribution in [0.1, 0.15) is 44.7 Å². The molecule has 0 heterocycles. The Morgan fingerprint density at radius 3 is 2.35 bits per heavy atom. The van der Waals surface area contributed by atoms with Gasteiger partial charge >= 0.3 is 6.03 Å². The molecule has 0 unspecified atom stereocenters. The normalized spacial score (nSPS) is 11.6. The molecule has 2 N–H and O–H groups in total. The summed E-state index contributed by atoms with van der Waals surface area (Å²) < 4.78 is 0. The molecule has 26 heavy (non-hydrogen) atoms. The van der Waals surface area contributed by atoms with Crippen LogP contribution in [0, 0.1) is 0 Å². The number of fused-ring (bicyclic) bond motifs is 1. The highest BCUT2D eigenvalue weighted by Gasteiger charge is 2.23. The highest BCUT2D eigenvalue weighted by atomic mass is 16.2. The van der Waals surface area contributed by atoms with Gasteiger partial charge in [0.2, 0.25) is 0 Å². The van der Waals surface area contributed by atoms with E-state index in [2.05, 4.69) is 54.8 Å². The number of carbonyl (C=O) groups excluding carboxylic acids is 1. The van der Waals surface area contributed by atoms with Gasteiger partial charge in [0.1, 0.15) is 0 Å². The second-order valence-electron chi connectivity index (χ2n) is 7.55. The third kappa shape index (κ3) is 4.05. The minimum absolute atomic E-state index is 0.208. The van der Waals surface area contributed by atoms with Crippen molar-refractivity contribution in [3.05, 3.63) is 77.9 Å². The summed E-state index contributed by atoms with van der Waals surface area (Å²) in [4.78, 5) is 12.5. The fourth-order valence-electron chi connectivity index (χ4n) is 3.07. The van der Waals surface area contributed by atoms with Crippen LogP contribution in [0.5, 0.6) is 0 Å². The molecule has 2 amide bonds. The number of hydrogen-bond acceptors (Lipinski definition) is 1. The van der Waals surface area contributed by atoms with Gasteiger partial charge in [-0.1, -0.05) is 68.4 Å². The van der Waals surface area contributed by atoms with E-state index in [-0.39, 0.29) is 6.03 Å². The second kappa shape index (κ2) is 7.20. The number of rotatable bonds is 4. The van der Waals surface area contributed by atoms with Gasteiger partial charge < -0.3 is 10.6 Å². The number of benzene rings is 3. The molecule has 0 aromatic heterocycles. The smallest absolute Gasteiger partial charge is 0.319 e. The van der Waals surface area contributed by atoms with Gasteiger partial charge in [0.15, 0.2) is 0 Å². The van der Waals surface area contributed by atoms with E-state index in [1.54, 1.807) is 0 Å². The topological polar surface area (TPSA) is 41.1 Å². The van der Waals surface area contributed by atoms with Gasteiger partial charge in [-0.25, -0.2) is 4.79 Å². The number of anilines is 1.